The van der Waals surface area contributed by atoms with Crippen molar-refractivity contribution in [1.29, 1.82) is 0 Å². The molecule has 1 aromatic rings. The van der Waals surface area contributed by atoms with Crippen LogP contribution in [0.1, 0.15) is 37.0 Å². The first kappa shape index (κ1) is 13.8. The van der Waals surface area contributed by atoms with E-state index in [1.165, 1.54) is 37.0 Å². The molecular weight excluding hydrogens is 238 g/mol. The molecular formula is C13H20ClNS. The van der Waals surface area contributed by atoms with E-state index in [-0.39, 0.29) is 12.4 Å². The third kappa shape index (κ3) is 4.69. The number of hydrogen-bond donors (Lipinski definition) is 1. The first-order chi connectivity index (χ1) is 7.45. The summed E-state index contributed by atoms with van der Waals surface area (Å²) in [7, 11) is 0. The van der Waals surface area contributed by atoms with Gasteiger partial charge in [-0.25, -0.2) is 0 Å². The van der Waals surface area contributed by atoms with Crippen LogP contribution in [0.5, 0.6) is 0 Å². The lowest BCUT2D eigenvalue weighted by molar-refractivity contribution is 0.635. The fraction of sp³-hybridized carbons (Fsp3) is 0.538. The molecule has 1 N–H and O–H groups in total. The molecule has 1 nitrogen and oxygen atoms in total. The Hall–Kier alpha value is -0.310. The maximum Gasteiger partial charge on any atom is 0.0299 e. The highest BCUT2D eigenvalue weighted by molar-refractivity contribution is 7.09. The minimum Gasteiger partial charge on any atom is -0.312 e. The molecule has 1 aromatic heterocycles. The zero-order valence-corrected chi connectivity index (χ0v) is 11.2. The maximum atomic E-state index is 3.50. The summed E-state index contributed by atoms with van der Waals surface area (Å²) in [6.45, 7) is 2.16. The molecule has 0 saturated heterocycles. The molecule has 1 heterocycles. The van der Waals surface area contributed by atoms with Crippen LogP contribution in [0.4, 0.5) is 0 Å². The summed E-state index contributed by atoms with van der Waals surface area (Å²) in [5.41, 5.74) is 1.67. The van der Waals surface area contributed by atoms with Gasteiger partial charge in [0.2, 0.25) is 0 Å². The van der Waals surface area contributed by atoms with Crippen LogP contribution in [0, 0.1) is 0 Å². The molecule has 0 aliphatic heterocycles. The van der Waals surface area contributed by atoms with Crippen LogP contribution in [-0.4, -0.2) is 6.54 Å². The second-order valence-corrected chi connectivity index (χ2v) is 5.15. The topological polar surface area (TPSA) is 12.0 Å². The molecule has 0 amide bonds. The summed E-state index contributed by atoms with van der Waals surface area (Å²) in [4.78, 5) is 1.44. The predicted octanol–water partition coefficient (Wildman–Crippen LogP) is 4.15. The van der Waals surface area contributed by atoms with Crippen molar-refractivity contribution in [3.8, 4) is 0 Å². The molecule has 3 heteroatoms. The van der Waals surface area contributed by atoms with Gasteiger partial charge in [-0.1, -0.05) is 17.7 Å². The van der Waals surface area contributed by atoms with E-state index in [4.69, 9.17) is 0 Å². The standard InChI is InChI=1S/C13H19NS.ClH/c1-2-5-12(6-3-1)8-9-14-11-13-7-4-10-15-13;/h4-5,7,10,14H,1-3,6,8-9,11H2;1H. The van der Waals surface area contributed by atoms with Crippen LogP contribution >= 0.6 is 23.7 Å². The number of allylic oxidation sites excluding steroid dienone is 1. The number of thiophene rings is 1. The Balaban J connectivity index is 0.00000128. The van der Waals surface area contributed by atoms with Gasteiger partial charge in [-0.3, -0.25) is 0 Å². The summed E-state index contributed by atoms with van der Waals surface area (Å²) in [6, 6.07) is 4.31. The highest BCUT2D eigenvalue weighted by Crippen LogP contribution is 2.19. The molecule has 0 radical (unpaired) electrons. The average molecular weight is 258 g/mol. The number of rotatable bonds is 5. The summed E-state index contributed by atoms with van der Waals surface area (Å²) in [5, 5.41) is 5.64. The number of nitrogens with one attached hydrogen (secondary N) is 1. The van der Waals surface area contributed by atoms with Gasteiger partial charge in [0, 0.05) is 11.4 Å². The normalized spacial score (nSPS) is 15.4. The van der Waals surface area contributed by atoms with E-state index >= 15 is 0 Å². The Morgan fingerprint density at radius 1 is 1.31 bits per heavy atom. The number of halogens is 1. The Labute approximate surface area is 108 Å². The van der Waals surface area contributed by atoms with Crippen LogP contribution in [0.3, 0.4) is 0 Å². The van der Waals surface area contributed by atoms with Crippen molar-refractivity contribution < 1.29 is 0 Å². The lowest BCUT2D eigenvalue weighted by Crippen LogP contribution is -2.14. The van der Waals surface area contributed by atoms with Crippen molar-refractivity contribution in [2.75, 3.05) is 6.54 Å². The van der Waals surface area contributed by atoms with Crippen molar-refractivity contribution in [2.24, 2.45) is 0 Å². The quantitative estimate of drug-likeness (QED) is 0.617. The first-order valence-corrected chi connectivity index (χ1v) is 6.74. The molecule has 1 aliphatic carbocycles. The zero-order chi connectivity index (χ0) is 10.3. The molecule has 0 fully saturated rings. The van der Waals surface area contributed by atoms with Gasteiger partial charge >= 0.3 is 0 Å². The second-order valence-electron chi connectivity index (χ2n) is 4.11. The van der Waals surface area contributed by atoms with E-state index in [9.17, 15) is 0 Å². The van der Waals surface area contributed by atoms with Crippen LogP contribution < -0.4 is 5.32 Å². The fourth-order valence-corrected chi connectivity index (χ4v) is 2.68. The van der Waals surface area contributed by atoms with E-state index in [2.05, 4.69) is 28.9 Å². The first-order valence-electron chi connectivity index (χ1n) is 5.86. The summed E-state index contributed by atoms with van der Waals surface area (Å²) < 4.78 is 0. The van der Waals surface area contributed by atoms with Crippen molar-refractivity contribution in [3.63, 3.8) is 0 Å². The highest BCUT2D eigenvalue weighted by atomic mass is 35.5. The smallest absolute Gasteiger partial charge is 0.0299 e. The van der Waals surface area contributed by atoms with E-state index in [0.29, 0.717) is 0 Å². The van der Waals surface area contributed by atoms with Crippen LogP contribution in [0.25, 0.3) is 0 Å². The zero-order valence-electron chi connectivity index (χ0n) is 9.58. The minimum absolute atomic E-state index is 0. The highest BCUT2D eigenvalue weighted by Gasteiger charge is 2.02. The van der Waals surface area contributed by atoms with Gasteiger partial charge in [0.25, 0.3) is 0 Å². The summed E-state index contributed by atoms with van der Waals surface area (Å²) in [5.74, 6) is 0. The van der Waals surface area contributed by atoms with Crippen molar-refractivity contribution in [1.82, 2.24) is 5.32 Å². The Morgan fingerprint density at radius 3 is 2.94 bits per heavy atom. The molecule has 0 atom stereocenters. The van der Waals surface area contributed by atoms with Gasteiger partial charge in [-0.15, -0.1) is 23.7 Å². The lowest BCUT2D eigenvalue weighted by Gasteiger charge is -2.12. The van der Waals surface area contributed by atoms with Crippen molar-refractivity contribution in [2.45, 2.75) is 38.6 Å². The lowest BCUT2D eigenvalue weighted by atomic mass is 9.97. The van der Waals surface area contributed by atoms with Crippen LogP contribution in [-0.2, 0) is 6.54 Å². The average Bonchev–Trinajstić information content (AvgIpc) is 2.79. The molecule has 2 rings (SSSR count). The Kier molecular flexibility index (Phi) is 6.78. The van der Waals surface area contributed by atoms with Crippen molar-refractivity contribution in [3.05, 3.63) is 34.0 Å². The second kappa shape index (κ2) is 7.88. The fourth-order valence-electron chi connectivity index (χ4n) is 2.01. The predicted molar refractivity (Wildman–Crippen MR) is 74.4 cm³/mol. The Bertz CT molecular complexity index is 306. The molecule has 90 valence electrons. The van der Waals surface area contributed by atoms with Gasteiger partial charge in [-0.2, -0.15) is 0 Å². The summed E-state index contributed by atoms with van der Waals surface area (Å²) >= 11 is 1.83. The van der Waals surface area contributed by atoms with Gasteiger partial charge in [0.05, 0.1) is 0 Å². The van der Waals surface area contributed by atoms with Gasteiger partial charge in [0.1, 0.15) is 0 Å². The summed E-state index contributed by atoms with van der Waals surface area (Å²) in [6.07, 6.45) is 9.12. The van der Waals surface area contributed by atoms with Crippen LogP contribution in [0.15, 0.2) is 29.2 Å². The minimum atomic E-state index is 0. The van der Waals surface area contributed by atoms with E-state index in [1.54, 1.807) is 5.57 Å². The van der Waals surface area contributed by atoms with Crippen molar-refractivity contribution >= 4 is 23.7 Å². The van der Waals surface area contributed by atoms with Crippen LogP contribution in [0.2, 0.25) is 0 Å². The van der Waals surface area contributed by atoms with E-state index in [1.807, 2.05) is 11.3 Å². The third-order valence-corrected chi connectivity index (χ3v) is 3.76. The van der Waals surface area contributed by atoms with E-state index in [0.717, 1.165) is 13.1 Å². The maximum absolute atomic E-state index is 3.50. The molecule has 0 saturated carbocycles. The molecule has 0 aromatic carbocycles. The molecule has 0 unspecified atom stereocenters. The van der Waals surface area contributed by atoms with Gasteiger partial charge in [0.15, 0.2) is 0 Å². The van der Waals surface area contributed by atoms with E-state index < -0.39 is 0 Å². The largest absolute Gasteiger partial charge is 0.312 e. The third-order valence-electron chi connectivity index (χ3n) is 2.89. The molecule has 0 spiro atoms. The van der Waals surface area contributed by atoms with Gasteiger partial charge < -0.3 is 5.32 Å². The van der Waals surface area contributed by atoms with Gasteiger partial charge in [-0.05, 0) is 50.1 Å². The molecule has 16 heavy (non-hydrogen) atoms. The number of hydrogen-bond acceptors (Lipinski definition) is 2. The molecule has 1 aliphatic rings. The monoisotopic (exact) mass is 257 g/mol. The SMILES string of the molecule is C1=C(CCNCc2cccs2)CCCC1.Cl. The molecule has 0 bridgehead atoms. The Morgan fingerprint density at radius 2 is 2.25 bits per heavy atom.